The van der Waals surface area contributed by atoms with Gasteiger partial charge in [-0.05, 0) is 35.4 Å². The van der Waals surface area contributed by atoms with Crippen LogP contribution >= 0.6 is 22.7 Å². The summed E-state index contributed by atoms with van der Waals surface area (Å²) in [6, 6.07) is 13.9. The molecule has 0 atom stereocenters. The lowest BCUT2D eigenvalue weighted by atomic mass is 9.78. The summed E-state index contributed by atoms with van der Waals surface area (Å²) in [5.41, 5.74) is -0.183. The van der Waals surface area contributed by atoms with E-state index in [0.29, 0.717) is 11.5 Å². The number of aromatic carboxylic acids is 4. The Morgan fingerprint density at radius 2 is 0.923 bits per heavy atom. The molecule has 0 aliphatic carbocycles. The van der Waals surface area contributed by atoms with Crippen molar-refractivity contribution in [3.05, 3.63) is 92.7 Å². The minimum Gasteiger partial charge on any atom is -0.478 e. The summed E-state index contributed by atoms with van der Waals surface area (Å²) in [6.07, 6.45) is 0. The predicted octanol–water partition coefficient (Wildman–Crippen LogP) is 6.51. The van der Waals surface area contributed by atoms with Crippen LogP contribution in [0.1, 0.15) is 66.4 Å². The summed E-state index contributed by atoms with van der Waals surface area (Å²) in [5.74, 6) is -4.82. The number of rotatable bonds is 10. The smallest absolute Gasteiger partial charge is 0.341 e. The molecule has 2 heterocycles. The van der Waals surface area contributed by atoms with Gasteiger partial charge in [-0.15, -0.1) is 22.7 Å². The Bertz CT molecular complexity index is 1460. The molecular formula is C27H20O10S2. The second kappa shape index (κ2) is 10.6. The second-order valence-electron chi connectivity index (χ2n) is 8.72. The Morgan fingerprint density at radius 3 is 1.21 bits per heavy atom. The van der Waals surface area contributed by atoms with Crippen LogP contribution in [0.4, 0.5) is 0 Å². The Labute approximate surface area is 228 Å². The third kappa shape index (κ3) is 5.47. The molecule has 4 aromatic rings. The largest absolute Gasteiger partial charge is 0.478 e. The van der Waals surface area contributed by atoms with Crippen molar-refractivity contribution in [3.63, 3.8) is 0 Å². The van der Waals surface area contributed by atoms with Crippen LogP contribution in [0.2, 0.25) is 0 Å². The fourth-order valence-corrected chi connectivity index (χ4v) is 5.62. The van der Waals surface area contributed by atoms with Crippen molar-refractivity contribution in [3.8, 4) is 21.6 Å². The molecule has 0 radical (unpaired) electrons. The van der Waals surface area contributed by atoms with E-state index in [1.165, 1.54) is 10.8 Å². The number of hydrogen-bond donors (Lipinski definition) is 4. The standard InChI is InChI=1S/C27H20O10S2/c1-27(2,13-3-7-15(8-4-13)36-25-19(23(32)33)17(11-38-25)21(28)29)14-5-9-16(10-6-14)37-26-20(24(34)35)18(12-39-26)22(30)31/h3-12H,1-2H3,(H,28,29)(H,30,31)(H,32,33)(H,34,35). The number of benzene rings is 2. The first-order valence-corrected chi connectivity index (χ1v) is 12.9. The maximum absolute atomic E-state index is 11.5. The van der Waals surface area contributed by atoms with Crippen molar-refractivity contribution in [2.75, 3.05) is 0 Å². The van der Waals surface area contributed by atoms with Crippen LogP contribution in [0.15, 0.2) is 59.3 Å². The van der Waals surface area contributed by atoms with E-state index in [4.69, 9.17) is 9.47 Å². The number of carbonyl (C=O) groups is 4. The van der Waals surface area contributed by atoms with Gasteiger partial charge in [0.25, 0.3) is 0 Å². The summed E-state index contributed by atoms with van der Waals surface area (Å²) >= 11 is 1.77. The van der Waals surface area contributed by atoms with E-state index >= 15 is 0 Å². The minimum atomic E-state index is -1.39. The third-order valence-corrected chi connectivity index (χ3v) is 7.69. The summed E-state index contributed by atoms with van der Waals surface area (Å²) in [7, 11) is 0. The highest BCUT2D eigenvalue weighted by Gasteiger charge is 2.27. The van der Waals surface area contributed by atoms with Crippen LogP contribution in [-0.2, 0) is 5.41 Å². The Hall–Kier alpha value is -4.68. The van der Waals surface area contributed by atoms with Crippen LogP contribution in [0.5, 0.6) is 21.6 Å². The van der Waals surface area contributed by atoms with E-state index < -0.39 is 40.4 Å². The Morgan fingerprint density at radius 1 is 0.590 bits per heavy atom. The molecule has 4 rings (SSSR count). The van der Waals surface area contributed by atoms with Crippen LogP contribution in [-0.4, -0.2) is 44.3 Å². The monoisotopic (exact) mass is 568 g/mol. The Balaban J connectivity index is 1.52. The highest BCUT2D eigenvalue weighted by molar-refractivity contribution is 7.13. The predicted molar refractivity (Wildman–Crippen MR) is 142 cm³/mol. The van der Waals surface area contributed by atoms with E-state index in [-0.39, 0.29) is 21.3 Å². The number of carboxylic acid groups (broad SMARTS) is 4. The average molecular weight is 569 g/mol. The number of ether oxygens (including phenoxy) is 2. The summed E-state index contributed by atoms with van der Waals surface area (Å²) in [5, 5.41) is 39.6. The molecule has 4 N–H and O–H groups in total. The van der Waals surface area contributed by atoms with Crippen molar-refractivity contribution in [2.45, 2.75) is 19.3 Å². The first kappa shape index (κ1) is 27.4. The van der Waals surface area contributed by atoms with Gasteiger partial charge in [-0.3, -0.25) is 0 Å². The van der Waals surface area contributed by atoms with Gasteiger partial charge in [-0.1, -0.05) is 38.1 Å². The lowest BCUT2D eigenvalue weighted by Crippen LogP contribution is -2.18. The molecule has 200 valence electrons. The number of hydrogen-bond acceptors (Lipinski definition) is 8. The van der Waals surface area contributed by atoms with E-state index in [0.717, 1.165) is 33.8 Å². The topological polar surface area (TPSA) is 168 Å². The van der Waals surface area contributed by atoms with Gasteiger partial charge in [0.2, 0.25) is 0 Å². The zero-order valence-corrected chi connectivity index (χ0v) is 22.0. The fraction of sp³-hybridized carbons (Fsp3) is 0.111. The first-order chi connectivity index (χ1) is 18.4. The van der Waals surface area contributed by atoms with Crippen LogP contribution in [0.3, 0.4) is 0 Å². The molecular weight excluding hydrogens is 548 g/mol. The molecule has 0 spiro atoms. The molecule has 2 aromatic carbocycles. The molecule has 0 unspecified atom stereocenters. The first-order valence-electron chi connectivity index (χ1n) is 11.1. The van der Waals surface area contributed by atoms with Gasteiger partial charge in [-0.2, -0.15) is 0 Å². The number of carboxylic acids is 4. The normalized spacial score (nSPS) is 11.1. The van der Waals surface area contributed by atoms with Gasteiger partial charge in [0.15, 0.2) is 10.1 Å². The molecule has 0 bridgehead atoms. The highest BCUT2D eigenvalue weighted by Crippen LogP contribution is 2.38. The molecule has 0 aliphatic heterocycles. The average Bonchev–Trinajstić information content (AvgIpc) is 3.49. The van der Waals surface area contributed by atoms with Crippen LogP contribution in [0, 0.1) is 0 Å². The lowest BCUT2D eigenvalue weighted by molar-refractivity contribution is 0.0650. The van der Waals surface area contributed by atoms with Gasteiger partial charge >= 0.3 is 23.9 Å². The Kier molecular flexibility index (Phi) is 7.43. The van der Waals surface area contributed by atoms with E-state index in [1.54, 1.807) is 24.3 Å². The molecule has 0 aliphatic rings. The molecule has 39 heavy (non-hydrogen) atoms. The fourth-order valence-electron chi connectivity index (χ4n) is 3.81. The molecule has 10 nitrogen and oxygen atoms in total. The quantitative estimate of drug-likeness (QED) is 0.165. The summed E-state index contributed by atoms with van der Waals surface area (Å²) < 4.78 is 11.3. The molecule has 0 fully saturated rings. The van der Waals surface area contributed by atoms with Gasteiger partial charge < -0.3 is 29.9 Å². The summed E-state index contributed by atoms with van der Waals surface area (Å²) in [6.45, 7) is 3.97. The maximum atomic E-state index is 11.5. The zero-order chi connectivity index (χ0) is 28.5. The van der Waals surface area contributed by atoms with Crippen molar-refractivity contribution >= 4 is 46.6 Å². The highest BCUT2D eigenvalue weighted by atomic mass is 32.1. The van der Waals surface area contributed by atoms with E-state index in [2.05, 4.69) is 0 Å². The van der Waals surface area contributed by atoms with Gasteiger partial charge in [0.1, 0.15) is 22.6 Å². The van der Waals surface area contributed by atoms with Gasteiger partial charge in [0, 0.05) is 16.2 Å². The molecule has 0 saturated heterocycles. The maximum Gasteiger partial charge on any atom is 0.341 e. The lowest BCUT2D eigenvalue weighted by Gasteiger charge is -2.26. The van der Waals surface area contributed by atoms with Crippen molar-refractivity contribution in [1.29, 1.82) is 0 Å². The van der Waals surface area contributed by atoms with Crippen molar-refractivity contribution in [2.24, 2.45) is 0 Å². The third-order valence-electron chi connectivity index (χ3n) is 5.98. The van der Waals surface area contributed by atoms with Crippen LogP contribution in [0.25, 0.3) is 0 Å². The minimum absolute atomic E-state index is 0.0326. The molecule has 2 aromatic heterocycles. The SMILES string of the molecule is CC(C)(c1ccc(Oc2scc(C(=O)O)c2C(=O)O)cc1)c1ccc(Oc2scc(C(=O)O)c2C(=O)O)cc1. The van der Waals surface area contributed by atoms with Crippen LogP contribution < -0.4 is 9.47 Å². The second-order valence-corrected chi connectivity index (χ2v) is 10.4. The van der Waals surface area contributed by atoms with Gasteiger partial charge in [0.05, 0.1) is 11.1 Å². The molecule has 0 amide bonds. The molecule has 12 heteroatoms. The van der Waals surface area contributed by atoms with E-state index in [1.807, 2.05) is 38.1 Å². The summed E-state index contributed by atoms with van der Waals surface area (Å²) in [4.78, 5) is 45.7. The zero-order valence-electron chi connectivity index (χ0n) is 20.3. The van der Waals surface area contributed by atoms with Crippen molar-refractivity contribution < 1.29 is 49.1 Å². The number of thiophene rings is 2. The van der Waals surface area contributed by atoms with E-state index in [9.17, 15) is 39.6 Å². The van der Waals surface area contributed by atoms with Gasteiger partial charge in [-0.25, -0.2) is 19.2 Å². The molecule has 0 saturated carbocycles. The van der Waals surface area contributed by atoms with Crippen molar-refractivity contribution in [1.82, 2.24) is 0 Å².